The number of aromatic nitrogens is 1. The number of aliphatic hydroxyl groups is 2. The summed E-state index contributed by atoms with van der Waals surface area (Å²) in [7, 11) is 0. The lowest BCUT2D eigenvalue weighted by molar-refractivity contribution is -0.144. The van der Waals surface area contributed by atoms with Gasteiger partial charge in [0.05, 0.1) is 34.5 Å². The average Bonchev–Trinajstić information content (AvgIpc) is 3.82. The second-order valence-corrected chi connectivity index (χ2v) is 20.7. The van der Waals surface area contributed by atoms with Gasteiger partial charge in [0.1, 0.15) is 6.04 Å². The molecule has 3 heterocycles. The van der Waals surface area contributed by atoms with Crippen LogP contribution >= 0.6 is 0 Å². The number of hydrogen-bond donors (Lipinski definition) is 3. The second kappa shape index (κ2) is 13.9. The van der Waals surface area contributed by atoms with E-state index in [1.54, 1.807) is 0 Å². The van der Waals surface area contributed by atoms with Crippen molar-refractivity contribution in [3.63, 3.8) is 0 Å². The lowest BCUT2D eigenvalue weighted by Gasteiger charge is -2.64. The van der Waals surface area contributed by atoms with Crippen LogP contribution in [0.2, 0.25) is 0 Å². The van der Waals surface area contributed by atoms with Crippen LogP contribution in [0.5, 0.6) is 0 Å². The highest BCUT2D eigenvalue weighted by Crippen LogP contribution is 2.71. The first kappa shape index (κ1) is 41.4. The third-order valence-electron chi connectivity index (χ3n) is 16.6. The number of nitrogens with one attached hydrogen (secondary N) is 1. The van der Waals surface area contributed by atoms with Crippen molar-refractivity contribution in [3.05, 3.63) is 76.0 Å². The number of nitrogens with zero attached hydrogens (tertiary/aromatic N) is 2. The summed E-state index contributed by atoms with van der Waals surface area (Å²) in [5.74, 6) is 0.273. The van der Waals surface area contributed by atoms with Crippen LogP contribution in [0.3, 0.4) is 0 Å². The molecule has 1 aromatic carbocycles. The Morgan fingerprint density at radius 1 is 1.07 bits per heavy atom. The molecule has 6 aliphatic rings. The number of allylic oxidation sites excluding steroid dienone is 3. The molecule has 0 radical (unpaired) electrons. The van der Waals surface area contributed by atoms with Gasteiger partial charge in [-0.25, -0.2) is 0 Å². The summed E-state index contributed by atoms with van der Waals surface area (Å²) < 4.78 is 8.93. The van der Waals surface area contributed by atoms with Gasteiger partial charge in [0.25, 0.3) is 0 Å². The number of carbonyl (C=O) groups excluding carboxylic acids is 2. The van der Waals surface area contributed by atoms with Gasteiger partial charge in [0, 0.05) is 45.5 Å². The van der Waals surface area contributed by atoms with E-state index in [9.17, 15) is 19.8 Å². The van der Waals surface area contributed by atoms with Crippen molar-refractivity contribution in [1.82, 2.24) is 14.8 Å². The minimum absolute atomic E-state index is 0.0370. The number of fused-ring (bicyclic) bond motifs is 11. The van der Waals surface area contributed by atoms with Crippen LogP contribution in [0.1, 0.15) is 153 Å². The Kier molecular flexibility index (Phi) is 9.91. The highest BCUT2D eigenvalue weighted by atomic mass is 16.5. The Balaban J connectivity index is 1.19. The number of Topliss-reactive ketones (excluding diaryl/α,β-unsaturated/α-hetero) is 1. The minimum Gasteiger partial charge on any atom is -0.392 e. The van der Waals surface area contributed by atoms with E-state index in [0.717, 1.165) is 84.9 Å². The molecule has 2 saturated carbocycles. The molecule has 1 amide bonds. The minimum atomic E-state index is -0.855. The molecule has 2 fully saturated rings. The lowest BCUT2D eigenvalue weighted by Crippen LogP contribution is -2.62. The van der Waals surface area contributed by atoms with Crippen LogP contribution in [0.15, 0.2) is 48.1 Å². The summed E-state index contributed by atoms with van der Waals surface area (Å²) in [5, 5.41) is 28.4. The summed E-state index contributed by atoms with van der Waals surface area (Å²) in [5.41, 5.74) is 6.45. The second-order valence-electron chi connectivity index (χ2n) is 20.7. The van der Waals surface area contributed by atoms with Crippen molar-refractivity contribution in [2.24, 2.45) is 28.6 Å². The Morgan fingerprint density at radius 2 is 1.78 bits per heavy atom. The zero-order valence-corrected chi connectivity index (χ0v) is 37.1. The van der Waals surface area contributed by atoms with Gasteiger partial charge in [-0.15, -0.1) is 0 Å². The van der Waals surface area contributed by atoms with Crippen molar-refractivity contribution in [2.75, 3.05) is 26.2 Å². The smallest absolute Gasteiger partial charge is 0.246 e. The number of aliphatic hydroxyl groups excluding tert-OH is 2. The zero-order chi connectivity index (χ0) is 42.1. The molecular formula is C50H69N3O5. The zero-order valence-electron chi connectivity index (χ0n) is 37.1. The third-order valence-corrected chi connectivity index (χ3v) is 16.6. The van der Waals surface area contributed by atoms with Crippen molar-refractivity contribution in [1.29, 1.82) is 0 Å². The van der Waals surface area contributed by atoms with Gasteiger partial charge in [-0.2, -0.15) is 0 Å². The van der Waals surface area contributed by atoms with Crippen molar-refractivity contribution in [2.45, 2.75) is 150 Å². The third kappa shape index (κ3) is 5.66. The number of ether oxygens (including phenoxy) is 1. The molecule has 8 nitrogen and oxygen atoms in total. The van der Waals surface area contributed by atoms with Gasteiger partial charge in [-0.3, -0.25) is 9.59 Å². The van der Waals surface area contributed by atoms with E-state index in [2.05, 4.69) is 102 Å². The van der Waals surface area contributed by atoms with Gasteiger partial charge >= 0.3 is 0 Å². The van der Waals surface area contributed by atoms with Gasteiger partial charge in [-0.1, -0.05) is 65.0 Å². The summed E-state index contributed by atoms with van der Waals surface area (Å²) in [4.78, 5) is 30.4. The van der Waals surface area contributed by atoms with Crippen LogP contribution < -0.4 is 5.32 Å². The molecule has 0 saturated heterocycles. The van der Waals surface area contributed by atoms with Gasteiger partial charge in [0.15, 0.2) is 5.78 Å². The lowest BCUT2D eigenvalue weighted by atomic mass is 9.40. The molecule has 8 heteroatoms. The summed E-state index contributed by atoms with van der Waals surface area (Å²) in [6.45, 7) is 31.7. The number of carbonyl (C=O) groups is 2. The van der Waals surface area contributed by atoms with E-state index in [0.29, 0.717) is 30.0 Å². The van der Waals surface area contributed by atoms with E-state index in [1.807, 2.05) is 26.0 Å². The number of amides is 1. The van der Waals surface area contributed by atoms with E-state index < -0.39 is 34.9 Å². The first-order chi connectivity index (χ1) is 27.2. The monoisotopic (exact) mass is 792 g/mol. The molecule has 1 aromatic heterocycles. The molecule has 0 bridgehead atoms. The van der Waals surface area contributed by atoms with Crippen LogP contribution in [0.4, 0.5) is 0 Å². The molecule has 9 atom stereocenters. The van der Waals surface area contributed by atoms with Crippen LogP contribution in [-0.4, -0.2) is 74.9 Å². The maximum atomic E-state index is 15.0. The fourth-order valence-corrected chi connectivity index (χ4v) is 13.8. The summed E-state index contributed by atoms with van der Waals surface area (Å²) >= 11 is 0. The topological polar surface area (TPSA) is 104 Å². The molecule has 58 heavy (non-hydrogen) atoms. The van der Waals surface area contributed by atoms with Crippen LogP contribution in [0, 0.1) is 28.6 Å². The number of rotatable bonds is 10. The maximum absolute atomic E-state index is 15.0. The molecule has 2 aromatic rings. The Labute approximate surface area is 346 Å². The van der Waals surface area contributed by atoms with E-state index in [-0.39, 0.29) is 34.4 Å². The average molecular weight is 792 g/mol. The summed E-state index contributed by atoms with van der Waals surface area (Å²) in [6.07, 6.45) is 12.4. The molecule has 3 N–H and O–H groups in total. The first-order valence-electron chi connectivity index (χ1n) is 22.3. The van der Waals surface area contributed by atoms with Gasteiger partial charge < -0.3 is 29.7 Å². The molecular weight excluding hydrogens is 723 g/mol. The Morgan fingerprint density at radius 3 is 2.45 bits per heavy atom. The Hall–Kier alpha value is -3.30. The largest absolute Gasteiger partial charge is 0.392 e. The highest BCUT2D eigenvalue weighted by Gasteiger charge is 2.67. The van der Waals surface area contributed by atoms with Gasteiger partial charge in [-0.05, 0) is 146 Å². The number of benzene rings is 1. The Bertz CT molecular complexity index is 2180. The fraction of sp³-hybridized carbons (Fsp3) is 0.640. The number of hydrogen-bond acceptors (Lipinski definition) is 6. The van der Waals surface area contributed by atoms with Crippen molar-refractivity contribution >= 4 is 28.2 Å². The molecule has 9 unspecified atom stereocenters. The quantitative estimate of drug-likeness (QED) is 0.0962. The molecule has 8 rings (SSSR count). The summed E-state index contributed by atoms with van der Waals surface area (Å²) in [6, 6.07) is 1.78. The van der Waals surface area contributed by atoms with Crippen molar-refractivity contribution < 1.29 is 24.5 Å². The van der Waals surface area contributed by atoms with E-state index in [4.69, 9.17) is 4.74 Å². The molecule has 2 aliphatic heterocycles. The predicted molar refractivity (Wildman–Crippen MR) is 233 cm³/mol. The highest BCUT2D eigenvalue weighted by molar-refractivity contribution is 6.18. The predicted octanol–water partition coefficient (Wildman–Crippen LogP) is 8.95. The fourth-order valence-electron chi connectivity index (χ4n) is 13.8. The van der Waals surface area contributed by atoms with E-state index >= 15 is 0 Å². The number of ketones is 1. The molecule has 4 aliphatic carbocycles. The van der Waals surface area contributed by atoms with Crippen molar-refractivity contribution in [3.8, 4) is 0 Å². The van der Waals surface area contributed by atoms with Crippen LogP contribution in [-0.2, 0) is 21.4 Å². The van der Waals surface area contributed by atoms with Gasteiger partial charge in [0.2, 0.25) is 5.91 Å². The maximum Gasteiger partial charge on any atom is 0.246 e. The first-order valence-corrected chi connectivity index (χ1v) is 22.3. The molecule has 0 spiro atoms. The SMILES string of the molecule is C=C(C)C1C(=O)c2c3c(cc4c5c(n1c24)C1(C)C(CCC2C(C)(/C=C/C=C(\C)C(=O)NCCCN(CC)CC)C(O)CCC21C)C5)C1=CC(C)(C)OC(C)(C)C1C3O. The van der Waals surface area contributed by atoms with E-state index in [1.165, 1.54) is 11.3 Å². The standard InChI is InChI=1S/C50H69N3O5/c1-13-52(14-2)24-16-23-51-45(57)29(5)17-15-21-48(10)35-19-18-30-25-33-32-26-31-34-27-46(6,7)58-47(8,9)39(34)42(55)37(31)38-41(32)53(40(28(3)4)43(38)56)44(33)50(30,12)49(35,11)22-20-36(48)54/h15,17,21,26-27,30,35-36,39-40,42,54-55H,3,13-14,16,18-20,22-25H2,1-2,4-12H3,(H,51,57)/b21-15+,29-17+. The van der Waals surface area contributed by atoms with Crippen LogP contribution in [0.25, 0.3) is 16.5 Å². The normalized spacial score (nSPS) is 35.5. The molecule has 314 valence electrons.